The third kappa shape index (κ3) is 5.16. The fourth-order valence-electron chi connectivity index (χ4n) is 2.67. The van der Waals surface area contributed by atoms with Crippen molar-refractivity contribution < 1.29 is 28.8 Å². The van der Waals surface area contributed by atoms with Crippen LogP contribution in [-0.4, -0.2) is 41.5 Å². The Morgan fingerprint density at radius 1 is 1.19 bits per heavy atom. The van der Waals surface area contributed by atoms with Gasteiger partial charge in [0.2, 0.25) is 11.4 Å². The van der Waals surface area contributed by atoms with Gasteiger partial charge in [0.15, 0.2) is 0 Å². The summed E-state index contributed by atoms with van der Waals surface area (Å²) >= 11 is 6.00. The molecule has 0 aromatic heterocycles. The molecule has 0 unspecified atom stereocenters. The average molecular weight is 401 g/mol. The normalized spacial score (nSPS) is 10.9. The molecule has 0 aliphatic heterocycles. The number of benzene rings is 1. The number of carbonyl (C=O) groups is 3. The van der Waals surface area contributed by atoms with Crippen LogP contribution in [0.1, 0.15) is 31.9 Å². The molecule has 1 rings (SSSR count). The van der Waals surface area contributed by atoms with Crippen LogP contribution >= 0.6 is 11.6 Å². The highest BCUT2D eigenvalue weighted by Crippen LogP contribution is 2.31. The van der Waals surface area contributed by atoms with Gasteiger partial charge in [0, 0.05) is 29.5 Å². The van der Waals surface area contributed by atoms with Crippen LogP contribution < -0.4 is 5.32 Å². The van der Waals surface area contributed by atoms with Gasteiger partial charge < -0.3 is 14.8 Å². The lowest BCUT2D eigenvalue weighted by molar-refractivity contribution is -0.386. The lowest BCUT2D eigenvalue weighted by Gasteiger charge is -2.29. The zero-order valence-corrected chi connectivity index (χ0v) is 16.2. The molecule has 0 heterocycles. The van der Waals surface area contributed by atoms with Crippen molar-refractivity contribution in [3.8, 4) is 0 Å². The maximum atomic E-state index is 12.6. The minimum Gasteiger partial charge on any atom is -0.464 e. The zero-order chi connectivity index (χ0) is 20.8. The number of rotatable bonds is 8. The average Bonchev–Trinajstić information content (AvgIpc) is 2.52. The van der Waals surface area contributed by atoms with Crippen LogP contribution in [0.5, 0.6) is 0 Å². The summed E-state index contributed by atoms with van der Waals surface area (Å²) < 4.78 is 9.90. The van der Waals surface area contributed by atoms with Gasteiger partial charge in [-0.25, -0.2) is 9.59 Å². The van der Waals surface area contributed by atoms with E-state index in [1.54, 1.807) is 0 Å². The number of halogens is 1. The molecule has 0 saturated carbocycles. The Morgan fingerprint density at radius 3 is 2.11 bits per heavy atom. The largest absolute Gasteiger partial charge is 0.464 e. The van der Waals surface area contributed by atoms with E-state index in [2.05, 4.69) is 5.32 Å². The van der Waals surface area contributed by atoms with E-state index in [1.807, 2.05) is 0 Å². The van der Waals surface area contributed by atoms with Crippen molar-refractivity contribution in [1.29, 1.82) is 0 Å². The van der Waals surface area contributed by atoms with Crippen LogP contribution in [0.3, 0.4) is 0 Å². The second kappa shape index (κ2) is 9.31. The van der Waals surface area contributed by atoms with Gasteiger partial charge in [-0.05, 0) is 32.9 Å². The van der Waals surface area contributed by atoms with Crippen molar-refractivity contribution in [2.75, 3.05) is 13.2 Å². The molecule has 0 saturated heterocycles. The smallest absolute Gasteiger partial charge is 0.344 e. The lowest BCUT2D eigenvalue weighted by Crippen LogP contribution is -2.62. The Bertz CT molecular complexity index is 746. The first-order valence-electron chi connectivity index (χ1n) is 8.15. The molecule has 1 amide bonds. The summed E-state index contributed by atoms with van der Waals surface area (Å²) in [7, 11) is 0. The Morgan fingerprint density at radius 2 is 1.70 bits per heavy atom. The van der Waals surface area contributed by atoms with E-state index in [0.717, 1.165) is 6.92 Å². The molecule has 1 aromatic rings. The number of nitro benzene ring substituents is 1. The molecule has 0 spiro atoms. The highest BCUT2D eigenvalue weighted by Gasteiger charge is 2.51. The van der Waals surface area contributed by atoms with Crippen LogP contribution in [0, 0.1) is 17.0 Å². The van der Waals surface area contributed by atoms with Gasteiger partial charge in [-0.1, -0.05) is 11.6 Å². The number of ether oxygens (including phenoxy) is 2. The second-order valence-corrected chi connectivity index (χ2v) is 6.13. The maximum Gasteiger partial charge on any atom is 0.344 e. The SMILES string of the molecule is CCOC(=O)C(Cc1cc(Cl)cc(C)c1[N+](=O)[O-])(NC(C)=O)C(=O)OCC. The quantitative estimate of drug-likeness (QED) is 0.306. The van der Waals surface area contributed by atoms with Gasteiger partial charge in [0.25, 0.3) is 5.69 Å². The van der Waals surface area contributed by atoms with Crippen LogP contribution in [0.15, 0.2) is 12.1 Å². The Labute approximate surface area is 161 Å². The van der Waals surface area contributed by atoms with E-state index in [1.165, 1.54) is 32.9 Å². The number of nitro groups is 1. The molecule has 148 valence electrons. The van der Waals surface area contributed by atoms with Crippen molar-refractivity contribution in [2.24, 2.45) is 0 Å². The molecule has 1 N–H and O–H groups in total. The molecule has 0 radical (unpaired) electrons. The number of aryl methyl sites for hydroxylation is 1. The minimum atomic E-state index is -2.28. The number of hydrogen-bond acceptors (Lipinski definition) is 7. The fourth-order valence-corrected chi connectivity index (χ4v) is 2.96. The lowest BCUT2D eigenvalue weighted by atomic mass is 9.88. The van der Waals surface area contributed by atoms with Crippen LogP contribution in [0.25, 0.3) is 0 Å². The fraction of sp³-hybridized carbons (Fsp3) is 0.471. The Hall–Kier alpha value is -2.68. The van der Waals surface area contributed by atoms with Crippen molar-refractivity contribution in [3.05, 3.63) is 38.4 Å². The van der Waals surface area contributed by atoms with Gasteiger partial charge in [-0.15, -0.1) is 0 Å². The van der Waals surface area contributed by atoms with Crippen molar-refractivity contribution >= 4 is 35.1 Å². The summed E-state index contributed by atoms with van der Waals surface area (Å²) in [6.07, 6.45) is -0.554. The van der Waals surface area contributed by atoms with Crippen LogP contribution in [-0.2, 0) is 30.3 Å². The van der Waals surface area contributed by atoms with E-state index >= 15 is 0 Å². The Kier molecular flexibility index (Phi) is 7.71. The molecule has 0 fully saturated rings. The molecule has 0 atom stereocenters. The topological polar surface area (TPSA) is 125 Å². The minimum absolute atomic E-state index is 0.0140. The van der Waals surface area contributed by atoms with E-state index in [9.17, 15) is 24.5 Å². The summed E-state index contributed by atoms with van der Waals surface area (Å²) in [4.78, 5) is 47.8. The number of esters is 2. The third-order valence-electron chi connectivity index (χ3n) is 3.62. The van der Waals surface area contributed by atoms with Gasteiger partial charge in [0.05, 0.1) is 18.1 Å². The van der Waals surface area contributed by atoms with E-state index < -0.39 is 34.7 Å². The molecular weight excluding hydrogens is 380 g/mol. The van der Waals surface area contributed by atoms with Crippen LogP contribution in [0.4, 0.5) is 5.69 Å². The molecule has 27 heavy (non-hydrogen) atoms. The standard InChI is InChI=1S/C17H21ClN2O7/c1-5-26-15(22)17(19-11(4)21,16(23)27-6-2)9-12-8-13(18)7-10(3)14(12)20(24)25/h7-8H,5-6,9H2,1-4H3,(H,19,21). The summed E-state index contributed by atoms with van der Waals surface area (Å²) in [5.41, 5.74) is -2.37. The van der Waals surface area contributed by atoms with Gasteiger partial charge in [-0.2, -0.15) is 0 Å². The van der Waals surface area contributed by atoms with E-state index in [0.29, 0.717) is 0 Å². The van der Waals surface area contributed by atoms with E-state index in [4.69, 9.17) is 21.1 Å². The number of amides is 1. The van der Waals surface area contributed by atoms with Gasteiger partial charge in [-0.3, -0.25) is 14.9 Å². The number of hydrogen-bond donors (Lipinski definition) is 1. The summed E-state index contributed by atoms with van der Waals surface area (Å²) in [5, 5.41) is 13.9. The van der Waals surface area contributed by atoms with Gasteiger partial charge in [0.1, 0.15) is 0 Å². The monoisotopic (exact) mass is 400 g/mol. The highest BCUT2D eigenvalue weighted by molar-refractivity contribution is 6.30. The van der Waals surface area contributed by atoms with Crippen LogP contribution in [0.2, 0.25) is 5.02 Å². The van der Waals surface area contributed by atoms with Crippen molar-refractivity contribution in [3.63, 3.8) is 0 Å². The molecule has 1 aromatic carbocycles. The summed E-state index contributed by atoms with van der Waals surface area (Å²) in [6, 6.07) is 2.65. The second-order valence-electron chi connectivity index (χ2n) is 5.69. The zero-order valence-electron chi connectivity index (χ0n) is 15.5. The molecular formula is C17H21ClN2O7. The predicted molar refractivity (Wildman–Crippen MR) is 96.4 cm³/mol. The first-order chi connectivity index (χ1) is 12.6. The number of nitrogens with one attached hydrogen (secondary N) is 1. The van der Waals surface area contributed by atoms with Crippen molar-refractivity contribution in [1.82, 2.24) is 5.32 Å². The first-order valence-corrected chi connectivity index (χ1v) is 8.53. The Balaban J connectivity index is 3.65. The summed E-state index contributed by atoms with van der Waals surface area (Å²) in [6.45, 7) is 5.47. The predicted octanol–water partition coefficient (Wildman–Crippen LogP) is 2.10. The highest BCUT2D eigenvalue weighted by atomic mass is 35.5. The number of nitrogens with zero attached hydrogens (tertiary/aromatic N) is 1. The molecule has 10 heteroatoms. The maximum absolute atomic E-state index is 12.6. The number of carbonyl (C=O) groups excluding carboxylic acids is 3. The molecule has 0 aliphatic rings. The third-order valence-corrected chi connectivity index (χ3v) is 3.84. The first kappa shape index (κ1) is 22.4. The van der Waals surface area contributed by atoms with Gasteiger partial charge >= 0.3 is 11.9 Å². The molecule has 9 nitrogen and oxygen atoms in total. The van der Waals surface area contributed by atoms with E-state index in [-0.39, 0.29) is 35.1 Å². The molecule has 0 bridgehead atoms. The van der Waals surface area contributed by atoms with Crippen molar-refractivity contribution in [2.45, 2.75) is 39.7 Å². The molecule has 0 aliphatic carbocycles. The summed E-state index contributed by atoms with van der Waals surface area (Å²) in [5.74, 6) is -2.87.